The molecule has 2 N–H and O–H groups in total. The molecule has 1 fully saturated rings. The highest BCUT2D eigenvalue weighted by atomic mass is 16.1. The molecule has 1 aromatic carbocycles. The lowest BCUT2D eigenvalue weighted by atomic mass is 9.94. The zero-order valence-corrected chi connectivity index (χ0v) is 26.0. The summed E-state index contributed by atoms with van der Waals surface area (Å²) < 4.78 is 2.22. The van der Waals surface area contributed by atoms with Crippen molar-refractivity contribution < 1.29 is 4.79 Å². The number of H-pyrrole nitrogens is 1. The maximum atomic E-state index is 13.9. The number of carbonyl (C=O) groups is 1. The molecule has 8 heteroatoms. The van der Waals surface area contributed by atoms with E-state index in [1.54, 1.807) is 0 Å². The predicted octanol–water partition coefficient (Wildman–Crippen LogP) is 5.78. The number of amides is 1. The molecule has 4 heterocycles. The molecular weight excluding hydrogens is 524 g/mol. The van der Waals surface area contributed by atoms with Gasteiger partial charge in [-0.25, -0.2) is 4.98 Å². The fraction of sp³-hybridized carbons (Fsp3) is 0.441. The van der Waals surface area contributed by atoms with Gasteiger partial charge >= 0.3 is 0 Å². The lowest BCUT2D eigenvalue weighted by molar-refractivity contribution is 0.0952. The number of nitrogens with zero attached hydrogens (tertiary/aromatic N) is 4. The lowest BCUT2D eigenvalue weighted by Crippen LogP contribution is -2.44. The third-order valence-electron chi connectivity index (χ3n) is 8.71. The zero-order chi connectivity index (χ0) is 30.1. The van der Waals surface area contributed by atoms with Crippen molar-refractivity contribution >= 4 is 22.6 Å². The van der Waals surface area contributed by atoms with E-state index >= 15 is 0 Å². The Morgan fingerprint density at radius 1 is 1.05 bits per heavy atom. The molecule has 8 nitrogen and oxygen atoms in total. The van der Waals surface area contributed by atoms with Gasteiger partial charge in [-0.1, -0.05) is 13.8 Å². The fourth-order valence-corrected chi connectivity index (χ4v) is 5.99. The van der Waals surface area contributed by atoms with E-state index in [1.807, 2.05) is 25.3 Å². The maximum absolute atomic E-state index is 13.9. The number of hydrogen-bond donors (Lipinski definition) is 2. The van der Waals surface area contributed by atoms with Crippen LogP contribution in [0.3, 0.4) is 0 Å². The van der Waals surface area contributed by atoms with E-state index in [2.05, 4.69) is 90.7 Å². The van der Waals surface area contributed by atoms with Crippen LogP contribution >= 0.6 is 0 Å². The highest BCUT2D eigenvalue weighted by Crippen LogP contribution is 2.33. The van der Waals surface area contributed by atoms with Crippen molar-refractivity contribution in [3.05, 3.63) is 81.0 Å². The predicted molar refractivity (Wildman–Crippen MR) is 172 cm³/mol. The number of hydrogen-bond acceptors (Lipinski definition) is 5. The van der Waals surface area contributed by atoms with Crippen LogP contribution in [-0.2, 0) is 6.54 Å². The molecule has 3 aromatic heterocycles. The Morgan fingerprint density at radius 2 is 1.79 bits per heavy atom. The normalized spacial score (nSPS) is 15.0. The van der Waals surface area contributed by atoms with E-state index in [0.29, 0.717) is 11.1 Å². The summed E-state index contributed by atoms with van der Waals surface area (Å²) in [5.74, 6) is 1.01. The van der Waals surface area contributed by atoms with Crippen LogP contribution in [-0.4, -0.2) is 58.6 Å². The molecule has 1 aliphatic heterocycles. The lowest BCUT2D eigenvalue weighted by Gasteiger charge is -2.33. The molecule has 1 atom stereocenters. The molecule has 0 saturated carbocycles. The Hall–Kier alpha value is -3.91. The van der Waals surface area contributed by atoms with Gasteiger partial charge in [-0.2, -0.15) is 0 Å². The summed E-state index contributed by atoms with van der Waals surface area (Å²) in [4.78, 5) is 39.2. The summed E-state index contributed by atoms with van der Waals surface area (Å²) in [5, 5.41) is 4.03. The first-order chi connectivity index (χ1) is 20.1. The van der Waals surface area contributed by atoms with E-state index < -0.39 is 0 Å². The van der Waals surface area contributed by atoms with Crippen LogP contribution in [0.2, 0.25) is 0 Å². The molecule has 0 bridgehead atoms. The average Bonchev–Trinajstić information content (AvgIpc) is 3.32. The van der Waals surface area contributed by atoms with E-state index in [0.717, 1.165) is 77.3 Å². The van der Waals surface area contributed by atoms with Gasteiger partial charge in [0, 0.05) is 84.4 Å². The number of nitrogens with one attached hydrogen (secondary N) is 2. The second-order valence-corrected chi connectivity index (χ2v) is 12.1. The number of pyridine rings is 2. The maximum Gasteiger partial charge on any atom is 0.253 e. The molecule has 42 heavy (non-hydrogen) atoms. The third-order valence-corrected chi connectivity index (χ3v) is 8.71. The minimum Gasteiger partial charge on any atom is -0.354 e. The van der Waals surface area contributed by atoms with Crippen molar-refractivity contribution in [2.24, 2.45) is 0 Å². The Kier molecular flexibility index (Phi) is 8.55. The van der Waals surface area contributed by atoms with Gasteiger partial charge in [0.2, 0.25) is 0 Å². The van der Waals surface area contributed by atoms with Crippen LogP contribution in [0.15, 0.2) is 47.5 Å². The van der Waals surface area contributed by atoms with Crippen LogP contribution in [0.25, 0.3) is 22.0 Å². The van der Waals surface area contributed by atoms with E-state index in [9.17, 15) is 9.59 Å². The SMILES string of the molecule is CCC(C)c1cc(C)[nH]c(=O)c1CNC(=O)c1cc(-c2ccc(N3CCN(C)CC3)nc2)cc2c1c(C)cn2C(C)C. The Bertz CT molecular complexity index is 1640. The standard InChI is InChI=1S/C34H44N6O2/c1-8-22(4)27-15-24(6)37-34(42)29(27)19-36-33(41)28-16-26(17-30-32(28)23(5)20-40(30)21(2)3)25-9-10-31(35-18-25)39-13-11-38(7)12-14-39/h9-10,15-18,20-22H,8,11-14,19H2,1-7H3,(H,36,41)(H,37,42). The molecule has 1 aliphatic rings. The number of anilines is 1. The van der Waals surface area contributed by atoms with Crippen LogP contribution in [0, 0.1) is 13.8 Å². The van der Waals surface area contributed by atoms with Gasteiger partial charge in [0.05, 0.1) is 0 Å². The summed E-state index contributed by atoms with van der Waals surface area (Å²) >= 11 is 0. The smallest absolute Gasteiger partial charge is 0.253 e. The van der Waals surface area contributed by atoms with Crippen molar-refractivity contribution in [3.63, 3.8) is 0 Å². The minimum absolute atomic E-state index is 0.141. The van der Waals surface area contributed by atoms with Gasteiger partial charge in [-0.3, -0.25) is 9.59 Å². The number of piperazine rings is 1. The number of likely N-dealkylation sites (N-methyl/N-ethyl adjacent to an activating group) is 1. The zero-order valence-electron chi connectivity index (χ0n) is 26.0. The minimum atomic E-state index is -0.191. The first-order valence-corrected chi connectivity index (χ1v) is 15.1. The van der Waals surface area contributed by atoms with Gasteiger partial charge in [-0.15, -0.1) is 0 Å². The number of carbonyl (C=O) groups excluding carboxylic acids is 1. The molecule has 222 valence electrons. The Labute approximate surface area is 248 Å². The van der Waals surface area contributed by atoms with Crippen LogP contribution < -0.4 is 15.8 Å². The highest BCUT2D eigenvalue weighted by molar-refractivity contribution is 6.09. The van der Waals surface area contributed by atoms with Crippen LogP contribution in [0.4, 0.5) is 5.82 Å². The summed E-state index contributed by atoms with van der Waals surface area (Å²) in [6.07, 6.45) is 4.95. The number of fused-ring (bicyclic) bond motifs is 1. The van der Waals surface area contributed by atoms with E-state index in [-0.39, 0.29) is 30.0 Å². The fourth-order valence-electron chi connectivity index (χ4n) is 5.99. The van der Waals surface area contributed by atoms with Crippen molar-refractivity contribution in [2.75, 3.05) is 38.1 Å². The average molecular weight is 569 g/mol. The summed E-state index contributed by atoms with van der Waals surface area (Å²) in [6.45, 7) is 16.6. The molecular formula is C34H44N6O2. The first-order valence-electron chi connectivity index (χ1n) is 15.1. The molecule has 0 aliphatic carbocycles. The monoisotopic (exact) mass is 568 g/mol. The van der Waals surface area contributed by atoms with E-state index in [4.69, 9.17) is 4.98 Å². The molecule has 1 unspecified atom stereocenters. The van der Waals surface area contributed by atoms with Gasteiger partial charge in [0.15, 0.2) is 0 Å². The molecule has 1 saturated heterocycles. The molecule has 1 amide bonds. The van der Waals surface area contributed by atoms with Crippen LogP contribution in [0.1, 0.15) is 78.8 Å². The van der Waals surface area contributed by atoms with Gasteiger partial charge in [0.1, 0.15) is 5.82 Å². The first kappa shape index (κ1) is 29.6. The summed E-state index contributed by atoms with van der Waals surface area (Å²) in [7, 11) is 2.15. The third kappa shape index (κ3) is 5.86. The van der Waals surface area contributed by atoms with Crippen molar-refractivity contribution in [3.8, 4) is 11.1 Å². The number of rotatable bonds is 8. The second kappa shape index (κ2) is 12.1. The number of aryl methyl sites for hydroxylation is 2. The van der Waals surface area contributed by atoms with Gasteiger partial charge < -0.3 is 24.7 Å². The molecule has 0 spiro atoms. The van der Waals surface area contributed by atoms with Crippen LogP contribution in [0.5, 0.6) is 0 Å². The van der Waals surface area contributed by atoms with Crippen molar-refractivity contribution in [1.82, 2.24) is 24.8 Å². The molecule has 0 radical (unpaired) electrons. The molecule has 5 rings (SSSR count). The van der Waals surface area contributed by atoms with Crippen molar-refractivity contribution in [2.45, 2.75) is 66.5 Å². The number of aromatic amines is 1. The molecule has 4 aromatic rings. The number of aromatic nitrogens is 3. The summed E-state index contributed by atoms with van der Waals surface area (Å²) in [6, 6.07) is 10.6. The second-order valence-electron chi connectivity index (χ2n) is 12.1. The number of benzene rings is 1. The van der Waals surface area contributed by atoms with Gasteiger partial charge in [-0.05, 0) is 94.1 Å². The quantitative estimate of drug-likeness (QED) is 0.281. The largest absolute Gasteiger partial charge is 0.354 e. The van der Waals surface area contributed by atoms with E-state index in [1.165, 1.54) is 0 Å². The Balaban J connectivity index is 1.51. The highest BCUT2D eigenvalue weighted by Gasteiger charge is 2.21. The van der Waals surface area contributed by atoms with Crippen molar-refractivity contribution in [1.29, 1.82) is 0 Å². The summed E-state index contributed by atoms with van der Waals surface area (Å²) in [5.41, 5.74) is 6.88. The topological polar surface area (TPSA) is 86.3 Å². The Morgan fingerprint density at radius 3 is 2.43 bits per heavy atom. The van der Waals surface area contributed by atoms with Gasteiger partial charge in [0.25, 0.3) is 11.5 Å².